The van der Waals surface area contributed by atoms with Gasteiger partial charge in [-0.3, -0.25) is 14.4 Å². The van der Waals surface area contributed by atoms with Crippen molar-refractivity contribution in [2.24, 2.45) is 0 Å². The van der Waals surface area contributed by atoms with Crippen molar-refractivity contribution in [3.63, 3.8) is 0 Å². The number of unbranched alkanes of at least 4 members (excludes halogenated alkanes) is 34. The highest BCUT2D eigenvalue weighted by molar-refractivity contribution is 5.71. The molecule has 6 heteroatoms. The van der Waals surface area contributed by atoms with Gasteiger partial charge in [0, 0.05) is 19.3 Å². The standard InChI is InChI=1S/C55H102O6/c1-4-7-10-13-16-19-22-25-27-30-33-36-39-42-45-48-54(57)60-51-52(50-59-53(56)47-44-41-38-35-32-29-24-21-18-15-12-9-6-3)61-55(58)49-46-43-40-37-34-31-28-26-23-20-17-14-11-8-5-2/h25-28,52H,4-24,29-51H2,1-3H3/b27-25-,28-26-/t52-/m0/s1. The largest absolute Gasteiger partial charge is 0.462 e. The summed E-state index contributed by atoms with van der Waals surface area (Å²) < 4.78 is 16.8. The van der Waals surface area contributed by atoms with Crippen LogP contribution in [0, 0.1) is 0 Å². The third-order valence-corrected chi connectivity index (χ3v) is 11.9. The first-order valence-electron chi connectivity index (χ1n) is 26.8. The van der Waals surface area contributed by atoms with Gasteiger partial charge < -0.3 is 14.2 Å². The average Bonchev–Trinajstić information content (AvgIpc) is 3.26. The number of carbonyl (C=O) groups excluding carboxylic acids is 3. The molecule has 0 aliphatic carbocycles. The summed E-state index contributed by atoms with van der Waals surface area (Å²) in [4.78, 5) is 38.0. The second-order valence-corrected chi connectivity index (χ2v) is 18.1. The minimum absolute atomic E-state index is 0.0733. The maximum absolute atomic E-state index is 12.8. The smallest absolute Gasteiger partial charge is 0.306 e. The molecule has 0 aliphatic heterocycles. The van der Waals surface area contributed by atoms with Crippen LogP contribution in [0.2, 0.25) is 0 Å². The lowest BCUT2D eigenvalue weighted by Crippen LogP contribution is -2.30. The third kappa shape index (κ3) is 48.8. The zero-order valence-electron chi connectivity index (χ0n) is 40.9. The Morgan fingerprint density at radius 2 is 0.541 bits per heavy atom. The van der Waals surface area contributed by atoms with Gasteiger partial charge in [-0.25, -0.2) is 0 Å². The van der Waals surface area contributed by atoms with E-state index >= 15 is 0 Å². The van der Waals surface area contributed by atoms with E-state index in [1.807, 2.05) is 0 Å². The first-order chi connectivity index (χ1) is 30.0. The van der Waals surface area contributed by atoms with Crippen LogP contribution in [0.25, 0.3) is 0 Å². The monoisotopic (exact) mass is 859 g/mol. The van der Waals surface area contributed by atoms with Crippen LogP contribution in [0.3, 0.4) is 0 Å². The zero-order chi connectivity index (χ0) is 44.4. The Kier molecular flexibility index (Phi) is 48.8. The number of allylic oxidation sites excluding steroid dienone is 4. The lowest BCUT2D eigenvalue weighted by molar-refractivity contribution is -0.167. The summed E-state index contributed by atoms with van der Waals surface area (Å²) in [5.74, 6) is -0.876. The quantitative estimate of drug-likeness (QED) is 0.0262. The molecule has 0 radical (unpaired) electrons. The van der Waals surface area contributed by atoms with E-state index in [4.69, 9.17) is 14.2 Å². The first-order valence-corrected chi connectivity index (χ1v) is 26.8. The first kappa shape index (κ1) is 58.9. The SMILES string of the molecule is CCCCCCCC/C=C\CCCCCCCC(=O)OC[C@H](COC(=O)CCCCCCCCCCCCCCC)OC(=O)CCCCCCC/C=C\CCCCCCCC. The summed E-state index contributed by atoms with van der Waals surface area (Å²) in [5, 5.41) is 0. The van der Waals surface area contributed by atoms with E-state index in [-0.39, 0.29) is 31.1 Å². The van der Waals surface area contributed by atoms with Crippen molar-refractivity contribution in [2.75, 3.05) is 13.2 Å². The van der Waals surface area contributed by atoms with Crippen LogP contribution in [0.5, 0.6) is 0 Å². The van der Waals surface area contributed by atoms with E-state index in [0.717, 1.165) is 70.6 Å². The molecule has 0 unspecified atom stereocenters. The molecule has 0 aromatic carbocycles. The van der Waals surface area contributed by atoms with Gasteiger partial charge in [0.1, 0.15) is 13.2 Å². The lowest BCUT2D eigenvalue weighted by atomic mass is 10.0. The highest BCUT2D eigenvalue weighted by atomic mass is 16.6. The molecule has 0 fully saturated rings. The molecule has 0 saturated carbocycles. The molecule has 0 rings (SSSR count). The van der Waals surface area contributed by atoms with Crippen molar-refractivity contribution in [1.29, 1.82) is 0 Å². The number of hydrogen-bond donors (Lipinski definition) is 0. The van der Waals surface area contributed by atoms with Crippen LogP contribution in [0.4, 0.5) is 0 Å². The van der Waals surface area contributed by atoms with Gasteiger partial charge in [0.2, 0.25) is 0 Å². The Labute approximate surface area is 379 Å². The van der Waals surface area contributed by atoms with Crippen molar-refractivity contribution in [2.45, 2.75) is 297 Å². The fourth-order valence-electron chi connectivity index (χ4n) is 7.84. The van der Waals surface area contributed by atoms with Crippen molar-refractivity contribution >= 4 is 17.9 Å². The molecule has 0 bridgehead atoms. The molecule has 6 nitrogen and oxygen atoms in total. The van der Waals surface area contributed by atoms with E-state index in [1.54, 1.807) is 0 Å². The van der Waals surface area contributed by atoms with E-state index in [1.165, 1.54) is 180 Å². The van der Waals surface area contributed by atoms with Gasteiger partial charge in [0.05, 0.1) is 0 Å². The summed E-state index contributed by atoms with van der Waals surface area (Å²) in [5.41, 5.74) is 0. The lowest BCUT2D eigenvalue weighted by Gasteiger charge is -2.18. The Bertz CT molecular complexity index is 989. The van der Waals surface area contributed by atoms with Gasteiger partial charge in [-0.05, 0) is 70.6 Å². The van der Waals surface area contributed by atoms with Gasteiger partial charge >= 0.3 is 17.9 Å². The zero-order valence-corrected chi connectivity index (χ0v) is 40.9. The van der Waals surface area contributed by atoms with Crippen LogP contribution in [0.1, 0.15) is 290 Å². The molecule has 61 heavy (non-hydrogen) atoms. The molecule has 0 amide bonds. The molecule has 0 N–H and O–H groups in total. The van der Waals surface area contributed by atoms with Crippen LogP contribution in [0.15, 0.2) is 24.3 Å². The van der Waals surface area contributed by atoms with Gasteiger partial charge in [-0.1, -0.05) is 225 Å². The molecule has 0 aromatic heterocycles. The average molecular weight is 859 g/mol. The Morgan fingerprint density at radius 3 is 0.820 bits per heavy atom. The van der Waals surface area contributed by atoms with Crippen molar-refractivity contribution in [1.82, 2.24) is 0 Å². The Balaban J connectivity index is 4.37. The highest BCUT2D eigenvalue weighted by Crippen LogP contribution is 2.15. The molecule has 1 atom stereocenters. The summed E-state index contributed by atoms with van der Waals surface area (Å²) in [7, 11) is 0. The summed E-state index contributed by atoms with van der Waals surface area (Å²) in [6, 6.07) is 0. The maximum Gasteiger partial charge on any atom is 0.306 e. The molecule has 0 aromatic rings. The second kappa shape index (κ2) is 50.5. The third-order valence-electron chi connectivity index (χ3n) is 11.9. The summed E-state index contributed by atoms with van der Waals surface area (Å²) in [6.45, 7) is 6.64. The van der Waals surface area contributed by atoms with Gasteiger partial charge in [-0.15, -0.1) is 0 Å². The van der Waals surface area contributed by atoms with Gasteiger partial charge in [-0.2, -0.15) is 0 Å². The predicted molar refractivity (Wildman–Crippen MR) is 261 cm³/mol. The number of hydrogen-bond acceptors (Lipinski definition) is 6. The molecule has 0 saturated heterocycles. The number of esters is 3. The molecule has 0 aliphatic rings. The fourth-order valence-corrected chi connectivity index (χ4v) is 7.84. The fraction of sp³-hybridized carbons (Fsp3) is 0.873. The number of ether oxygens (including phenoxy) is 3. The highest BCUT2D eigenvalue weighted by Gasteiger charge is 2.19. The minimum Gasteiger partial charge on any atom is -0.462 e. The topological polar surface area (TPSA) is 78.9 Å². The maximum atomic E-state index is 12.8. The summed E-state index contributed by atoms with van der Waals surface area (Å²) in [6.07, 6.45) is 57.3. The predicted octanol–water partition coefficient (Wildman–Crippen LogP) is 17.5. The van der Waals surface area contributed by atoms with E-state index < -0.39 is 6.10 Å². The van der Waals surface area contributed by atoms with E-state index in [2.05, 4.69) is 45.1 Å². The number of rotatable bonds is 49. The van der Waals surface area contributed by atoms with Crippen molar-refractivity contribution < 1.29 is 28.6 Å². The second-order valence-electron chi connectivity index (χ2n) is 18.1. The minimum atomic E-state index is -0.774. The molecular weight excluding hydrogens is 757 g/mol. The molecular formula is C55H102O6. The molecule has 0 spiro atoms. The molecule has 358 valence electrons. The number of carbonyl (C=O) groups is 3. The van der Waals surface area contributed by atoms with Crippen molar-refractivity contribution in [3.8, 4) is 0 Å². The van der Waals surface area contributed by atoms with Crippen molar-refractivity contribution in [3.05, 3.63) is 24.3 Å². The van der Waals surface area contributed by atoms with Crippen LogP contribution in [-0.2, 0) is 28.6 Å². The van der Waals surface area contributed by atoms with Gasteiger partial charge in [0.25, 0.3) is 0 Å². The van der Waals surface area contributed by atoms with E-state index in [0.29, 0.717) is 19.3 Å². The van der Waals surface area contributed by atoms with E-state index in [9.17, 15) is 14.4 Å². The molecule has 0 heterocycles. The van der Waals surface area contributed by atoms with Crippen LogP contribution < -0.4 is 0 Å². The van der Waals surface area contributed by atoms with Crippen LogP contribution in [-0.4, -0.2) is 37.2 Å². The Hall–Kier alpha value is -2.11. The Morgan fingerprint density at radius 1 is 0.311 bits per heavy atom. The summed E-state index contributed by atoms with van der Waals surface area (Å²) >= 11 is 0. The van der Waals surface area contributed by atoms with Crippen LogP contribution >= 0.6 is 0 Å². The van der Waals surface area contributed by atoms with Gasteiger partial charge in [0.15, 0.2) is 6.10 Å². The normalized spacial score (nSPS) is 12.1.